The van der Waals surface area contributed by atoms with E-state index in [2.05, 4.69) is 21.7 Å². The van der Waals surface area contributed by atoms with E-state index in [-0.39, 0.29) is 24.1 Å². The van der Waals surface area contributed by atoms with Crippen molar-refractivity contribution >= 4 is 6.47 Å². The molecule has 2 saturated heterocycles. The van der Waals surface area contributed by atoms with Gasteiger partial charge in [0.15, 0.2) is 0 Å². The summed E-state index contributed by atoms with van der Waals surface area (Å²) in [5.41, 5.74) is 2.11. The molecule has 2 aromatic rings. The first kappa shape index (κ1) is 24.3. The molecule has 2 aliphatic rings. The summed E-state index contributed by atoms with van der Waals surface area (Å²) in [7, 11) is 2.22. The fourth-order valence-electron chi connectivity index (χ4n) is 4.90. The van der Waals surface area contributed by atoms with Crippen LogP contribution in [0.25, 0.3) is 0 Å². The highest BCUT2D eigenvalue weighted by Crippen LogP contribution is 2.30. The van der Waals surface area contributed by atoms with Gasteiger partial charge >= 0.3 is 0 Å². The van der Waals surface area contributed by atoms with Crippen molar-refractivity contribution in [1.82, 2.24) is 14.7 Å². The number of nitrogens with zero attached hydrogens (tertiary/aromatic N) is 3. The first-order valence-electron chi connectivity index (χ1n) is 11.2. The third-order valence-corrected chi connectivity index (χ3v) is 6.38. The Morgan fingerprint density at radius 2 is 1.44 bits per heavy atom. The topological polar surface area (TPSA) is 47.0 Å². The summed E-state index contributed by atoms with van der Waals surface area (Å²) in [6.07, 6.45) is 2.64. The van der Waals surface area contributed by atoms with Crippen LogP contribution in [0.1, 0.15) is 30.0 Å². The molecular weight excluding hydrogens is 412 g/mol. The molecule has 0 amide bonds. The number of piperidine rings is 1. The Morgan fingerprint density at radius 1 is 0.938 bits per heavy atom. The van der Waals surface area contributed by atoms with E-state index in [4.69, 9.17) is 9.90 Å². The van der Waals surface area contributed by atoms with Crippen LogP contribution in [-0.2, 0) is 4.79 Å². The number of halogens is 2. The van der Waals surface area contributed by atoms with Gasteiger partial charge in [0, 0.05) is 39.3 Å². The lowest BCUT2D eigenvalue weighted by Crippen LogP contribution is -2.50. The van der Waals surface area contributed by atoms with Gasteiger partial charge in [-0.15, -0.1) is 0 Å². The summed E-state index contributed by atoms with van der Waals surface area (Å²) in [5, 5.41) is 6.89. The molecule has 7 heteroatoms. The predicted octanol–water partition coefficient (Wildman–Crippen LogP) is 3.71. The average Bonchev–Trinajstić information content (AvgIpc) is 2.78. The molecule has 4 rings (SSSR count). The van der Waals surface area contributed by atoms with Crippen molar-refractivity contribution in [3.05, 3.63) is 71.3 Å². The second-order valence-corrected chi connectivity index (χ2v) is 8.72. The maximum atomic E-state index is 13.5. The van der Waals surface area contributed by atoms with Crippen molar-refractivity contribution in [3.63, 3.8) is 0 Å². The van der Waals surface area contributed by atoms with Gasteiger partial charge in [0.05, 0.1) is 6.04 Å². The van der Waals surface area contributed by atoms with E-state index < -0.39 is 0 Å². The minimum absolute atomic E-state index is 0.0270. The lowest BCUT2D eigenvalue weighted by atomic mass is 9.95. The Bertz CT molecular complexity index is 779. The van der Waals surface area contributed by atoms with Gasteiger partial charge in [0.25, 0.3) is 6.47 Å². The van der Waals surface area contributed by atoms with E-state index in [9.17, 15) is 8.78 Å². The Labute approximate surface area is 189 Å². The zero-order valence-corrected chi connectivity index (χ0v) is 18.7. The molecule has 1 unspecified atom stereocenters. The molecular formula is C25H33F2N3O2. The molecule has 0 radical (unpaired) electrons. The number of carboxylic acid groups (broad SMARTS) is 1. The highest BCUT2D eigenvalue weighted by atomic mass is 19.1. The number of piperazine rings is 1. The molecule has 0 aliphatic carbocycles. The van der Waals surface area contributed by atoms with Crippen LogP contribution in [-0.4, -0.2) is 79.1 Å². The SMILES string of the molecule is CN1CCCC(CN2CCN(C(c3ccc(F)cc3)c3ccc(F)cc3)CC2)C1.O=CO. The second kappa shape index (κ2) is 12.0. The van der Waals surface area contributed by atoms with Gasteiger partial charge < -0.3 is 14.9 Å². The molecule has 2 aliphatic heterocycles. The number of hydrogen-bond acceptors (Lipinski definition) is 4. The molecule has 1 N–H and O–H groups in total. The van der Waals surface area contributed by atoms with Crippen molar-refractivity contribution in [2.75, 3.05) is 52.9 Å². The predicted molar refractivity (Wildman–Crippen MR) is 122 cm³/mol. The van der Waals surface area contributed by atoms with Gasteiger partial charge in [-0.1, -0.05) is 24.3 Å². The first-order chi connectivity index (χ1) is 15.5. The zero-order valence-electron chi connectivity index (χ0n) is 18.7. The van der Waals surface area contributed by atoms with Crippen LogP contribution in [0.3, 0.4) is 0 Å². The summed E-state index contributed by atoms with van der Waals surface area (Å²) in [4.78, 5) is 15.8. The van der Waals surface area contributed by atoms with E-state index in [1.165, 1.54) is 56.7 Å². The number of carbonyl (C=O) groups is 1. The second-order valence-electron chi connectivity index (χ2n) is 8.72. The summed E-state index contributed by atoms with van der Waals surface area (Å²) < 4.78 is 27.0. The number of rotatable bonds is 5. The molecule has 2 fully saturated rings. The van der Waals surface area contributed by atoms with Gasteiger partial charge in [-0.2, -0.15) is 0 Å². The highest BCUT2D eigenvalue weighted by molar-refractivity contribution is 5.33. The van der Waals surface area contributed by atoms with Crippen molar-refractivity contribution in [2.24, 2.45) is 5.92 Å². The normalized spacial score (nSPS) is 20.6. The van der Waals surface area contributed by atoms with Crippen LogP contribution in [0.2, 0.25) is 0 Å². The smallest absolute Gasteiger partial charge is 0.290 e. The summed E-state index contributed by atoms with van der Waals surface area (Å²) in [6, 6.07) is 13.5. The molecule has 0 saturated carbocycles. The van der Waals surface area contributed by atoms with E-state index in [0.29, 0.717) is 0 Å². The number of benzene rings is 2. The first-order valence-corrected chi connectivity index (χ1v) is 11.2. The minimum atomic E-state index is -0.250. The van der Waals surface area contributed by atoms with Crippen LogP contribution >= 0.6 is 0 Å². The number of hydrogen-bond donors (Lipinski definition) is 1. The number of likely N-dealkylation sites (tertiary alicyclic amines) is 1. The van der Waals surface area contributed by atoms with Crippen molar-refractivity contribution in [2.45, 2.75) is 18.9 Å². The van der Waals surface area contributed by atoms with Crippen LogP contribution in [0, 0.1) is 17.6 Å². The molecule has 174 valence electrons. The minimum Gasteiger partial charge on any atom is -0.483 e. The van der Waals surface area contributed by atoms with Crippen LogP contribution in [0.4, 0.5) is 8.78 Å². The standard InChI is InChI=1S/C24H31F2N3.CH2O2/c1-27-12-2-3-19(17-27)18-28-13-15-29(16-14-28)24(20-4-8-22(25)9-5-20)21-6-10-23(26)11-7-21;2-1-3/h4-11,19,24H,2-3,12-18H2,1H3;1H,(H,2,3). The zero-order chi connectivity index (χ0) is 22.9. The maximum absolute atomic E-state index is 13.5. The Hall–Kier alpha value is -2.35. The fourth-order valence-corrected chi connectivity index (χ4v) is 4.90. The lowest BCUT2D eigenvalue weighted by Gasteiger charge is -2.41. The summed E-state index contributed by atoms with van der Waals surface area (Å²) in [6.45, 7) is 7.35. The van der Waals surface area contributed by atoms with E-state index >= 15 is 0 Å². The van der Waals surface area contributed by atoms with Crippen LogP contribution < -0.4 is 0 Å². The van der Waals surface area contributed by atoms with Gasteiger partial charge in [0.1, 0.15) is 11.6 Å². The average molecular weight is 446 g/mol. The molecule has 0 aromatic heterocycles. The van der Waals surface area contributed by atoms with E-state index in [0.717, 1.165) is 43.2 Å². The van der Waals surface area contributed by atoms with Gasteiger partial charge in [-0.3, -0.25) is 9.69 Å². The Morgan fingerprint density at radius 3 is 1.91 bits per heavy atom. The maximum Gasteiger partial charge on any atom is 0.290 e. The molecule has 0 spiro atoms. The molecule has 1 atom stereocenters. The fraction of sp³-hybridized carbons (Fsp3) is 0.480. The van der Waals surface area contributed by atoms with Crippen LogP contribution in [0.15, 0.2) is 48.5 Å². The third-order valence-electron chi connectivity index (χ3n) is 6.38. The third kappa shape index (κ3) is 6.82. The molecule has 0 bridgehead atoms. The van der Waals surface area contributed by atoms with E-state index in [1.807, 2.05) is 24.3 Å². The van der Waals surface area contributed by atoms with Gasteiger partial charge in [-0.25, -0.2) is 8.78 Å². The molecule has 2 aromatic carbocycles. The van der Waals surface area contributed by atoms with Gasteiger partial charge in [-0.05, 0) is 67.7 Å². The monoisotopic (exact) mass is 445 g/mol. The van der Waals surface area contributed by atoms with Crippen LogP contribution in [0.5, 0.6) is 0 Å². The summed E-state index contributed by atoms with van der Waals surface area (Å²) in [5.74, 6) is 0.313. The van der Waals surface area contributed by atoms with Gasteiger partial charge in [0.2, 0.25) is 0 Å². The van der Waals surface area contributed by atoms with Crippen molar-refractivity contribution < 1.29 is 18.7 Å². The molecule has 5 nitrogen and oxygen atoms in total. The largest absolute Gasteiger partial charge is 0.483 e. The Balaban J connectivity index is 0.000000913. The van der Waals surface area contributed by atoms with Crippen molar-refractivity contribution in [3.8, 4) is 0 Å². The highest BCUT2D eigenvalue weighted by Gasteiger charge is 2.28. The van der Waals surface area contributed by atoms with Crippen molar-refractivity contribution in [1.29, 1.82) is 0 Å². The Kier molecular flexibility index (Phi) is 9.14. The van der Waals surface area contributed by atoms with E-state index in [1.54, 1.807) is 0 Å². The molecule has 2 heterocycles. The molecule has 32 heavy (non-hydrogen) atoms. The lowest BCUT2D eigenvalue weighted by molar-refractivity contribution is -0.122. The summed E-state index contributed by atoms with van der Waals surface area (Å²) >= 11 is 0. The quantitative estimate of drug-likeness (QED) is 0.711.